The molecule has 0 aromatic carbocycles. The van der Waals surface area contributed by atoms with Crippen molar-refractivity contribution in [3.8, 4) is 5.88 Å². The number of carbonyl (C=O) groups is 1. The van der Waals surface area contributed by atoms with Crippen molar-refractivity contribution in [3.05, 3.63) is 11.8 Å². The van der Waals surface area contributed by atoms with Gasteiger partial charge >= 0.3 is 0 Å². The van der Waals surface area contributed by atoms with Gasteiger partial charge in [0.2, 0.25) is 17.7 Å². The predicted octanol–water partition coefficient (Wildman–Crippen LogP) is -0.363. The number of aromatic nitrogens is 2. The molecule has 19 heavy (non-hydrogen) atoms. The second-order valence-electron chi connectivity index (χ2n) is 4.36. The summed E-state index contributed by atoms with van der Waals surface area (Å²) in [5.74, 6) is 0.968. The first-order valence-electron chi connectivity index (χ1n) is 6.31. The van der Waals surface area contributed by atoms with Crippen LogP contribution in [0.15, 0.2) is 6.07 Å². The maximum Gasteiger partial charge on any atom is 0.242 e. The van der Waals surface area contributed by atoms with Gasteiger partial charge in [-0.15, -0.1) is 0 Å². The number of methoxy groups -OCH3 is 1. The van der Waals surface area contributed by atoms with Crippen molar-refractivity contribution in [2.24, 2.45) is 0 Å². The summed E-state index contributed by atoms with van der Waals surface area (Å²) in [4.78, 5) is 22.1. The Bertz CT molecular complexity index is 446. The molecule has 1 aromatic rings. The van der Waals surface area contributed by atoms with Crippen LogP contribution in [0.25, 0.3) is 0 Å². The summed E-state index contributed by atoms with van der Waals surface area (Å²) in [6.45, 7) is 5.25. The first-order chi connectivity index (χ1) is 9.19. The van der Waals surface area contributed by atoms with Gasteiger partial charge in [-0.3, -0.25) is 4.79 Å². The number of hydrogen-bond donors (Lipinski definition) is 2. The molecule has 2 rings (SSSR count). The fourth-order valence-electron chi connectivity index (χ4n) is 1.90. The lowest BCUT2D eigenvalue weighted by atomic mass is 10.3. The monoisotopic (exact) mass is 265 g/mol. The third-order valence-electron chi connectivity index (χ3n) is 2.91. The van der Waals surface area contributed by atoms with E-state index in [4.69, 9.17) is 4.74 Å². The van der Waals surface area contributed by atoms with E-state index in [2.05, 4.69) is 20.6 Å². The number of nitrogens with one attached hydrogen (secondary N) is 2. The topological polar surface area (TPSA) is 79.4 Å². The molecule has 7 heteroatoms. The summed E-state index contributed by atoms with van der Waals surface area (Å²) in [5.41, 5.74) is 0.795. The summed E-state index contributed by atoms with van der Waals surface area (Å²) in [7, 11) is 1.55. The van der Waals surface area contributed by atoms with Crippen LogP contribution in [-0.4, -0.2) is 60.6 Å². The van der Waals surface area contributed by atoms with Crippen LogP contribution in [-0.2, 0) is 4.79 Å². The number of piperazine rings is 1. The molecule has 7 nitrogen and oxygen atoms in total. The maximum atomic E-state index is 12.0. The summed E-state index contributed by atoms with van der Waals surface area (Å²) in [6.07, 6.45) is 0. The van der Waals surface area contributed by atoms with Crippen LogP contribution in [0.3, 0.4) is 0 Å². The van der Waals surface area contributed by atoms with Crippen LogP contribution in [0.1, 0.15) is 5.69 Å². The van der Waals surface area contributed by atoms with Crippen molar-refractivity contribution in [2.75, 3.05) is 45.2 Å². The molecule has 0 aliphatic carbocycles. The number of ether oxygens (including phenoxy) is 1. The van der Waals surface area contributed by atoms with Gasteiger partial charge in [-0.05, 0) is 6.92 Å². The Kier molecular flexibility index (Phi) is 4.51. The summed E-state index contributed by atoms with van der Waals surface area (Å²) in [5, 5.41) is 6.15. The molecule has 0 atom stereocenters. The zero-order valence-corrected chi connectivity index (χ0v) is 11.3. The Morgan fingerprint density at radius 3 is 2.89 bits per heavy atom. The van der Waals surface area contributed by atoms with E-state index in [1.54, 1.807) is 13.2 Å². The highest BCUT2D eigenvalue weighted by atomic mass is 16.5. The van der Waals surface area contributed by atoms with Crippen LogP contribution in [0.4, 0.5) is 5.95 Å². The number of aryl methyl sites for hydroxylation is 1. The van der Waals surface area contributed by atoms with Gasteiger partial charge in [0.15, 0.2) is 0 Å². The Hall–Kier alpha value is -1.89. The molecule has 0 spiro atoms. The first-order valence-corrected chi connectivity index (χ1v) is 6.31. The minimum Gasteiger partial charge on any atom is -0.481 e. The van der Waals surface area contributed by atoms with Gasteiger partial charge in [0.1, 0.15) is 0 Å². The molecule has 1 aliphatic rings. The van der Waals surface area contributed by atoms with E-state index in [9.17, 15) is 4.79 Å². The van der Waals surface area contributed by atoms with Gasteiger partial charge in [0.05, 0.1) is 13.7 Å². The fourth-order valence-corrected chi connectivity index (χ4v) is 1.90. The zero-order chi connectivity index (χ0) is 13.7. The van der Waals surface area contributed by atoms with E-state index >= 15 is 0 Å². The quantitative estimate of drug-likeness (QED) is 0.774. The van der Waals surface area contributed by atoms with Gasteiger partial charge < -0.3 is 20.3 Å². The van der Waals surface area contributed by atoms with Crippen molar-refractivity contribution in [2.45, 2.75) is 6.92 Å². The smallest absolute Gasteiger partial charge is 0.242 e. The molecule has 1 fully saturated rings. The zero-order valence-electron chi connectivity index (χ0n) is 11.3. The van der Waals surface area contributed by atoms with Gasteiger partial charge in [-0.2, -0.15) is 4.98 Å². The second kappa shape index (κ2) is 6.33. The van der Waals surface area contributed by atoms with Gasteiger partial charge in [-0.1, -0.05) is 0 Å². The van der Waals surface area contributed by atoms with Crippen molar-refractivity contribution < 1.29 is 9.53 Å². The molecule has 1 amide bonds. The van der Waals surface area contributed by atoms with Crippen LogP contribution >= 0.6 is 0 Å². The number of rotatable bonds is 4. The van der Waals surface area contributed by atoms with Gasteiger partial charge in [0, 0.05) is 37.9 Å². The molecule has 1 saturated heterocycles. The van der Waals surface area contributed by atoms with E-state index in [0.717, 1.165) is 31.9 Å². The van der Waals surface area contributed by atoms with Gasteiger partial charge in [-0.25, -0.2) is 4.98 Å². The number of hydrogen-bond acceptors (Lipinski definition) is 6. The SMILES string of the molecule is COc1cc(C)nc(NCC(=O)N2CCNCC2)n1. The van der Waals surface area contributed by atoms with Crippen LogP contribution in [0.2, 0.25) is 0 Å². The molecule has 1 aliphatic heterocycles. The van der Waals surface area contributed by atoms with Crippen molar-refractivity contribution in [3.63, 3.8) is 0 Å². The fraction of sp³-hybridized carbons (Fsp3) is 0.583. The van der Waals surface area contributed by atoms with Crippen LogP contribution in [0.5, 0.6) is 5.88 Å². The minimum atomic E-state index is 0.0607. The average molecular weight is 265 g/mol. The van der Waals surface area contributed by atoms with E-state index < -0.39 is 0 Å². The predicted molar refractivity (Wildman–Crippen MR) is 71.3 cm³/mol. The summed E-state index contributed by atoms with van der Waals surface area (Å²) >= 11 is 0. The van der Waals surface area contributed by atoms with E-state index in [0.29, 0.717) is 11.8 Å². The molecule has 2 heterocycles. The Labute approximate surface area is 112 Å². The molecule has 1 aromatic heterocycles. The van der Waals surface area contributed by atoms with Crippen molar-refractivity contribution in [1.29, 1.82) is 0 Å². The molecule has 2 N–H and O–H groups in total. The first kappa shape index (κ1) is 13.5. The van der Waals surface area contributed by atoms with Crippen LogP contribution < -0.4 is 15.4 Å². The molecule has 0 unspecified atom stereocenters. The van der Waals surface area contributed by atoms with E-state index in [1.165, 1.54) is 0 Å². The third kappa shape index (κ3) is 3.78. The van der Waals surface area contributed by atoms with Crippen molar-refractivity contribution >= 4 is 11.9 Å². The summed E-state index contributed by atoms with van der Waals surface area (Å²) < 4.78 is 5.06. The Morgan fingerprint density at radius 2 is 2.21 bits per heavy atom. The van der Waals surface area contributed by atoms with E-state index in [-0.39, 0.29) is 12.5 Å². The lowest BCUT2D eigenvalue weighted by molar-refractivity contribution is -0.129. The maximum absolute atomic E-state index is 12.0. The largest absolute Gasteiger partial charge is 0.481 e. The molecule has 0 radical (unpaired) electrons. The minimum absolute atomic E-state index is 0.0607. The van der Waals surface area contributed by atoms with E-state index in [1.807, 2.05) is 11.8 Å². The standard InChI is InChI=1S/C12H19N5O2/c1-9-7-10(19-2)16-12(15-9)14-8-11(18)17-5-3-13-4-6-17/h7,13H,3-6,8H2,1-2H3,(H,14,15,16). The number of anilines is 1. The molecule has 0 saturated carbocycles. The number of amides is 1. The third-order valence-corrected chi connectivity index (χ3v) is 2.91. The van der Waals surface area contributed by atoms with Crippen LogP contribution in [0, 0.1) is 6.92 Å². The molecular formula is C12H19N5O2. The normalized spacial score (nSPS) is 15.2. The lowest BCUT2D eigenvalue weighted by Gasteiger charge is -2.27. The Morgan fingerprint density at radius 1 is 1.47 bits per heavy atom. The van der Waals surface area contributed by atoms with Crippen molar-refractivity contribution in [1.82, 2.24) is 20.2 Å². The summed E-state index contributed by atoms with van der Waals surface area (Å²) in [6, 6.07) is 1.74. The number of carbonyl (C=O) groups excluding carboxylic acids is 1. The number of nitrogens with zero attached hydrogens (tertiary/aromatic N) is 3. The Balaban J connectivity index is 1.90. The molecule has 104 valence electrons. The highest BCUT2D eigenvalue weighted by Crippen LogP contribution is 2.10. The highest BCUT2D eigenvalue weighted by Gasteiger charge is 2.16. The average Bonchev–Trinajstić information content (AvgIpc) is 2.45. The molecule has 0 bridgehead atoms. The highest BCUT2D eigenvalue weighted by molar-refractivity contribution is 5.80. The van der Waals surface area contributed by atoms with Gasteiger partial charge in [0.25, 0.3) is 0 Å². The lowest BCUT2D eigenvalue weighted by Crippen LogP contribution is -2.48. The second-order valence-corrected chi connectivity index (χ2v) is 4.36. The molecular weight excluding hydrogens is 246 g/mol.